The van der Waals surface area contributed by atoms with E-state index in [2.05, 4.69) is 14.7 Å². The van der Waals surface area contributed by atoms with E-state index in [4.69, 9.17) is 46.6 Å². The van der Waals surface area contributed by atoms with E-state index in [1.54, 1.807) is 38.1 Å². The van der Waals surface area contributed by atoms with Gasteiger partial charge < -0.3 is 10.2 Å². The van der Waals surface area contributed by atoms with E-state index >= 15 is 0 Å². The van der Waals surface area contributed by atoms with Gasteiger partial charge in [-0.2, -0.15) is 8.42 Å². The number of aliphatic hydroxyl groups excluding tert-OH is 2. The van der Waals surface area contributed by atoms with Crippen LogP contribution in [0, 0.1) is 25.5 Å². The summed E-state index contributed by atoms with van der Waals surface area (Å²) in [4.78, 5) is 8.26. The largest absolute Gasteiger partial charge is 0.382 e. The Balaban J connectivity index is 0.000000208. The van der Waals surface area contributed by atoms with Gasteiger partial charge in [0, 0.05) is 32.6 Å². The fourth-order valence-electron chi connectivity index (χ4n) is 4.78. The van der Waals surface area contributed by atoms with Crippen molar-refractivity contribution in [1.82, 2.24) is 9.97 Å². The van der Waals surface area contributed by atoms with Crippen LogP contribution in [-0.4, -0.2) is 37.0 Å². The summed E-state index contributed by atoms with van der Waals surface area (Å²) in [6, 6.07) is 18.5. The Bertz CT molecular complexity index is 2520. The number of benzene rings is 4. The number of nitrogens with one attached hydrogen (secondary N) is 1. The molecule has 0 aliphatic heterocycles. The molecule has 6 rings (SSSR count). The van der Waals surface area contributed by atoms with Crippen molar-refractivity contribution in [3.05, 3.63) is 150 Å². The zero-order valence-corrected chi connectivity index (χ0v) is 33.9. The molecular weight excluding hydrogens is 868 g/mol. The maximum atomic E-state index is 13.6. The third-order valence-electron chi connectivity index (χ3n) is 7.51. The van der Waals surface area contributed by atoms with Gasteiger partial charge in [0.2, 0.25) is 5.13 Å². The number of halogens is 6. The first-order valence-electron chi connectivity index (χ1n) is 15.1. The lowest BCUT2D eigenvalue weighted by atomic mass is 10.1. The van der Waals surface area contributed by atoms with E-state index in [1.807, 2.05) is 0 Å². The molecule has 2 heterocycles. The summed E-state index contributed by atoms with van der Waals surface area (Å²) in [5, 5.41) is 24.1. The van der Waals surface area contributed by atoms with Crippen LogP contribution in [0.4, 0.5) is 19.0 Å². The normalized spacial score (nSPS) is 12.8. The van der Waals surface area contributed by atoms with Gasteiger partial charge in [-0.05, 0) is 84.6 Å². The number of hydrogen-bond acceptors (Lipinski definition) is 10. The van der Waals surface area contributed by atoms with Crippen molar-refractivity contribution in [3.63, 3.8) is 0 Å². The van der Waals surface area contributed by atoms with Crippen molar-refractivity contribution < 1.29 is 35.8 Å². The Morgan fingerprint density at radius 3 is 2.09 bits per heavy atom. The van der Waals surface area contributed by atoms with Gasteiger partial charge in [0.05, 0.1) is 26.2 Å². The summed E-state index contributed by atoms with van der Waals surface area (Å²) in [5.41, 5.74) is 1.71. The van der Waals surface area contributed by atoms with Crippen molar-refractivity contribution in [2.75, 3.05) is 8.55 Å². The summed E-state index contributed by atoms with van der Waals surface area (Å²) in [5.74, 6) is -1.27. The second-order valence-corrected chi connectivity index (χ2v) is 18.2. The molecule has 6 aromatic rings. The van der Waals surface area contributed by atoms with Crippen LogP contribution in [0.2, 0.25) is 15.1 Å². The molecule has 0 bridgehead atoms. The van der Waals surface area contributed by atoms with Crippen molar-refractivity contribution in [1.29, 1.82) is 0 Å². The highest BCUT2D eigenvalue weighted by Gasteiger charge is 2.29. The van der Waals surface area contributed by atoms with E-state index in [0.717, 1.165) is 40.9 Å². The van der Waals surface area contributed by atoms with Crippen LogP contribution in [-0.2, 0) is 20.0 Å². The van der Waals surface area contributed by atoms with Crippen molar-refractivity contribution >= 4 is 99.6 Å². The van der Waals surface area contributed by atoms with E-state index in [0.29, 0.717) is 20.0 Å². The first-order chi connectivity index (χ1) is 25.4. The molecule has 4 aromatic carbocycles. The van der Waals surface area contributed by atoms with Gasteiger partial charge in [0.25, 0.3) is 20.0 Å². The molecule has 0 saturated heterocycles. The molecule has 0 saturated carbocycles. The van der Waals surface area contributed by atoms with Crippen LogP contribution < -0.4 is 8.55 Å². The molecule has 2 atom stereocenters. The second-order valence-electron chi connectivity index (χ2n) is 11.3. The minimum atomic E-state index is -4.02. The molecule has 0 aliphatic carbocycles. The van der Waals surface area contributed by atoms with E-state index in [9.17, 15) is 35.8 Å². The number of aromatic nitrogens is 2. The van der Waals surface area contributed by atoms with Crippen LogP contribution in [0.3, 0.4) is 0 Å². The zero-order valence-electron chi connectivity index (χ0n) is 27.6. The molecule has 0 amide bonds. The standard InChI is InChI=1S/2C17H13Cl2FN2O3S2/c1-9-13(19)3-2-4-15(9)27(24,25)22-17-21-14(8-26-17)16(23)10-5-11(18)7-12(20)6-10;1-10-4-2-3-5-15(10)27(24,25)22(19)17-21-14(9-26-17)16(23)11-6-7-12(18)13(20)8-11/h2-8,16,23H,1H3,(H,21,22);2-9,16,23H,1H3. The van der Waals surface area contributed by atoms with Gasteiger partial charge in [0.15, 0.2) is 5.13 Å². The summed E-state index contributed by atoms with van der Waals surface area (Å²) in [6.07, 6.45) is -2.51. The number of aryl methyl sites for hydroxylation is 1. The first-order valence-corrected chi connectivity index (χ1v) is 21.3. The number of thiazole rings is 2. The number of sulfonamides is 2. The van der Waals surface area contributed by atoms with Crippen molar-refractivity contribution in [3.8, 4) is 0 Å². The van der Waals surface area contributed by atoms with Gasteiger partial charge >= 0.3 is 0 Å². The van der Waals surface area contributed by atoms with E-state index < -0.39 is 43.9 Å². The summed E-state index contributed by atoms with van der Waals surface area (Å²) < 4.78 is 80.6. The Labute approximate surface area is 337 Å². The van der Waals surface area contributed by atoms with Gasteiger partial charge in [-0.15, -0.1) is 26.5 Å². The van der Waals surface area contributed by atoms with Crippen molar-refractivity contribution in [2.45, 2.75) is 35.8 Å². The first kappa shape index (κ1) is 41.7. The number of rotatable bonds is 10. The smallest absolute Gasteiger partial charge is 0.280 e. The molecular formula is C34H26Cl4F2N4O6S4. The average Bonchev–Trinajstić information content (AvgIpc) is 3.80. The average molecular weight is 895 g/mol. The summed E-state index contributed by atoms with van der Waals surface area (Å²) in [6.45, 7) is 3.26. The maximum absolute atomic E-state index is 13.6. The predicted molar refractivity (Wildman–Crippen MR) is 209 cm³/mol. The molecule has 20 heteroatoms. The molecule has 2 aromatic heterocycles. The van der Waals surface area contributed by atoms with Gasteiger partial charge in [-0.25, -0.2) is 27.2 Å². The second kappa shape index (κ2) is 17.2. The highest BCUT2D eigenvalue weighted by Crippen LogP contribution is 2.34. The van der Waals surface area contributed by atoms with Crippen LogP contribution in [0.1, 0.15) is 45.8 Å². The maximum Gasteiger partial charge on any atom is 0.280 e. The molecule has 0 fully saturated rings. The van der Waals surface area contributed by atoms with Crippen LogP contribution in [0.5, 0.6) is 0 Å². The highest BCUT2D eigenvalue weighted by atomic mass is 35.5. The fourth-order valence-corrected chi connectivity index (χ4v) is 10.2. The van der Waals surface area contributed by atoms with Crippen LogP contribution >= 0.6 is 69.3 Å². The Morgan fingerprint density at radius 1 is 0.759 bits per heavy atom. The van der Waals surface area contributed by atoms with E-state index in [-0.39, 0.29) is 52.6 Å². The summed E-state index contributed by atoms with van der Waals surface area (Å²) in [7, 11) is -7.93. The molecule has 2 unspecified atom stereocenters. The fraction of sp³-hybridized carbons (Fsp3) is 0.118. The van der Waals surface area contributed by atoms with Crippen molar-refractivity contribution in [2.24, 2.45) is 0 Å². The number of anilines is 2. The van der Waals surface area contributed by atoms with E-state index in [1.165, 1.54) is 47.2 Å². The minimum Gasteiger partial charge on any atom is -0.382 e. The molecule has 54 heavy (non-hydrogen) atoms. The highest BCUT2D eigenvalue weighted by molar-refractivity contribution is 7.94. The number of hydrogen-bond donors (Lipinski definition) is 3. The predicted octanol–water partition coefficient (Wildman–Crippen LogP) is 9.45. The lowest BCUT2D eigenvalue weighted by Crippen LogP contribution is -2.22. The quantitative estimate of drug-likeness (QED) is 0.115. The molecule has 0 spiro atoms. The molecule has 284 valence electrons. The number of nitrogens with zero attached hydrogens (tertiary/aromatic N) is 3. The molecule has 0 aliphatic rings. The summed E-state index contributed by atoms with van der Waals surface area (Å²) >= 11 is 25.4. The lowest BCUT2D eigenvalue weighted by molar-refractivity contribution is 0.215. The monoisotopic (exact) mass is 892 g/mol. The Morgan fingerprint density at radius 2 is 1.41 bits per heavy atom. The van der Waals surface area contributed by atoms with Crippen LogP contribution in [0.15, 0.2) is 99.4 Å². The van der Waals surface area contributed by atoms with Gasteiger partial charge in [-0.3, -0.25) is 4.72 Å². The topological polar surface area (TPSA) is 150 Å². The molecule has 10 nitrogen and oxygen atoms in total. The lowest BCUT2D eigenvalue weighted by Gasteiger charge is -2.14. The third-order valence-corrected chi connectivity index (χ3v) is 14.2. The Kier molecular flexibility index (Phi) is 13.3. The van der Waals surface area contributed by atoms with Gasteiger partial charge in [0.1, 0.15) is 23.8 Å². The third kappa shape index (κ3) is 9.50. The molecule has 0 radical (unpaired) electrons. The van der Waals surface area contributed by atoms with Crippen LogP contribution in [0.25, 0.3) is 0 Å². The molecule has 3 N–H and O–H groups in total. The Hall–Kier alpha value is -3.42. The SMILES string of the molecule is Cc1c(Cl)cccc1S(=O)(=O)Nc1nc(C(O)c2cc(F)cc(Cl)c2)cs1.Cc1ccccc1S(=O)(=O)N(Cl)c1nc(C(O)c2ccc(Cl)c(F)c2)cs1. The van der Waals surface area contributed by atoms with Gasteiger partial charge in [-0.1, -0.05) is 65.1 Å². The number of aliphatic hydroxyl groups is 2. The minimum absolute atomic E-state index is 0.0317. The zero-order chi connectivity index (χ0) is 39.5.